The molecule has 3 aromatic rings. The molecule has 29 heavy (non-hydrogen) atoms. The fourth-order valence-corrected chi connectivity index (χ4v) is 3.93. The van der Waals surface area contributed by atoms with E-state index in [0.717, 1.165) is 54.3 Å². The summed E-state index contributed by atoms with van der Waals surface area (Å²) in [5, 5.41) is 8.02. The van der Waals surface area contributed by atoms with Crippen LogP contribution in [0.15, 0.2) is 36.8 Å². The highest BCUT2D eigenvalue weighted by atomic mass is 16.2. The van der Waals surface area contributed by atoms with Crippen molar-refractivity contribution in [3.63, 3.8) is 0 Å². The third-order valence-corrected chi connectivity index (χ3v) is 5.71. The largest absolute Gasteiger partial charge is 0.298 e. The fourth-order valence-electron chi connectivity index (χ4n) is 3.93. The number of anilines is 1. The molecule has 0 unspecified atom stereocenters. The Kier molecular flexibility index (Phi) is 4.73. The standard InChI is InChI=1S/C21H25N7O/c1-26-13-17(12-23-26)15-2-3-16-11-22-21(24-19(16)10-15)25-20(29)14-27-6-8-28(9-7-27)18-4-5-18/h2-3,10-13,18H,4-9,14H2,1H3,(H,22,24,25,29). The van der Waals surface area contributed by atoms with Gasteiger partial charge < -0.3 is 0 Å². The van der Waals surface area contributed by atoms with Gasteiger partial charge in [0.25, 0.3) is 0 Å². The highest BCUT2D eigenvalue weighted by Crippen LogP contribution is 2.27. The molecule has 2 aromatic heterocycles. The van der Waals surface area contributed by atoms with Gasteiger partial charge in [-0.05, 0) is 24.5 Å². The lowest BCUT2D eigenvalue weighted by Gasteiger charge is -2.34. The van der Waals surface area contributed by atoms with Gasteiger partial charge in [-0.2, -0.15) is 5.10 Å². The number of hydrogen-bond acceptors (Lipinski definition) is 6. The molecule has 8 nitrogen and oxygen atoms in total. The van der Waals surface area contributed by atoms with Crippen molar-refractivity contribution in [2.75, 3.05) is 38.0 Å². The second kappa shape index (κ2) is 7.53. The monoisotopic (exact) mass is 391 g/mol. The van der Waals surface area contributed by atoms with Crippen LogP contribution in [0.4, 0.5) is 5.95 Å². The summed E-state index contributed by atoms with van der Waals surface area (Å²) < 4.78 is 1.77. The van der Waals surface area contributed by atoms with Gasteiger partial charge in [-0.25, -0.2) is 9.97 Å². The number of hydrogen-bond donors (Lipinski definition) is 1. The molecular weight excluding hydrogens is 366 g/mol. The number of aryl methyl sites for hydroxylation is 1. The van der Waals surface area contributed by atoms with Gasteiger partial charge in [-0.3, -0.25) is 24.6 Å². The fraction of sp³-hybridized carbons (Fsp3) is 0.429. The van der Waals surface area contributed by atoms with Crippen LogP contribution in [0.3, 0.4) is 0 Å². The number of amides is 1. The van der Waals surface area contributed by atoms with Gasteiger partial charge in [-0.1, -0.05) is 12.1 Å². The topological polar surface area (TPSA) is 79.2 Å². The molecule has 1 aromatic carbocycles. The van der Waals surface area contributed by atoms with Gasteiger partial charge in [-0.15, -0.1) is 0 Å². The molecule has 1 saturated heterocycles. The molecule has 0 spiro atoms. The van der Waals surface area contributed by atoms with E-state index in [4.69, 9.17) is 0 Å². The summed E-state index contributed by atoms with van der Waals surface area (Å²) in [5.41, 5.74) is 2.87. The number of benzene rings is 1. The van der Waals surface area contributed by atoms with Crippen LogP contribution in [0.25, 0.3) is 22.0 Å². The molecule has 0 atom stereocenters. The van der Waals surface area contributed by atoms with Crippen molar-refractivity contribution in [1.29, 1.82) is 0 Å². The molecule has 150 valence electrons. The summed E-state index contributed by atoms with van der Waals surface area (Å²) in [6.45, 7) is 4.38. The molecule has 1 amide bonds. The first kappa shape index (κ1) is 18.2. The Bertz CT molecular complexity index is 1030. The number of aromatic nitrogens is 4. The minimum atomic E-state index is -0.0624. The van der Waals surface area contributed by atoms with Gasteiger partial charge in [0.2, 0.25) is 11.9 Å². The second-order valence-corrected chi connectivity index (χ2v) is 7.96. The minimum Gasteiger partial charge on any atom is -0.298 e. The van der Waals surface area contributed by atoms with Crippen molar-refractivity contribution < 1.29 is 4.79 Å². The summed E-state index contributed by atoms with van der Waals surface area (Å²) >= 11 is 0. The molecule has 3 heterocycles. The summed E-state index contributed by atoms with van der Waals surface area (Å²) in [6, 6.07) is 6.82. The third kappa shape index (κ3) is 4.13. The van der Waals surface area contributed by atoms with Crippen molar-refractivity contribution in [3.8, 4) is 11.1 Å². The molecule has 5 rings (SSSR count). The summed E-state index contributed by atoms with van der Waals surface area (Å²) in [5.74, 6) is 0.287. The van der Waals surface area contributed by atoms with E-state index in [1.54, 1.807) is 10.9 Å². The normalized spacial score (nSPS) is 18.2. The van der Waals surface area contributed by atoms with E-state index in [2.05, 4.69) is 30.2 Å². The Labute approximate surface area is 169 Å². The maximum Gasteiger partial charge on any atom is 0.240 e. The van der Waals surface area contributed by atoms with Gasteiger partial charge in [0.05, 0.1) is 18.3 Å². The van der Waals surface area contributed by atoms with Crippen molar-refractivity contribution in [2.45, 2.75) is 18.9 Å². The molecule has 1 saturated carbocycles. The number of nitrogens with zero attached hydrogens (tertiary/aromatic N) is 6. The lowest BCUT2D eigenvalue weighted by atomic mass is 10.1. The predicted molar refractivity (Wildman–Crippen MR) is 111 cm³/mol. The first-order valence-corrected chi connectivity index (χ1v) is 10.2. The maximum atomic E-state index is 12.5. The lowest BCUT2D eigenvalue weighted by Crippen LogP contribution is -2.49. The number of carbonyl (C=O) groups is 1. The number of nitrogens with one attached hydrogen (secondary N) is 1. The highest BCUT2D eigenvalue weighted by molar-refractivity contribution is 5.92. The van der Waals surface area contributed by atoms with Crippen LogP contribution in [0.2, 0.25) is 0 Å². The average Bonchev–Trinajstić information content (AvgIpc) is 3.48. The van der Waals surface area contributed by atoms with Crippen LogP contribution >= 0.6 is 0 Å². The summed E-state index contributed by atoms with van der Waals surface area (Å²) in [7, 11) is 1.90. The Balaban J connectivity index is 1.24. The predicted octanol–water partition coefficient (Wildman–Crippen LogP) is 1.75. The SMILES string of the molecule is Cn1cc(-c2ccc3cnc(NC(=O)CN4CCN(C5CC5)CC4)nc3c2)cn1. The van der Waals surface area contributed by atoms with E-state index in [9.17, 15) is 4.79 Å². The smallest absolute Gasteiger partial charge is 0.240 e. The zero-order chi connectivity index (χ0) is 19.8. The van der Waals surface area contributed by atoms with E-state index in [-0.39, 0.29) is 5.91 Å². The molecule has 2 aliphatic rings. The van der Waals surface area contributed by atoms with Crippen LogP contribution in [0.1, 0.15) is 12.8 Å². The first-order chi connectivity index (χ1) is 14.1. The van der Waals surface area contributed by atoms with E-state index in [0.29, 0.717) is 12.5 Å². The van der Waals surface area contributed by atoms with Crippen LogP contribution in [-0.4, -0.2) is 74.2 Å². The molecule has 0 bridgehead atoms. The van der Waals surface area contributed by atoms with Crippen LogP contribution < -0.4 is 5.32 Å². The van der Waals surface area contributed by atoms with Crippen LogP contribution in [0.5, 0.6) is 0 Å². The van der Waals surface area contributed by atoms with Crippen molar-refractivity contribution in [3.05, 3.63) is 36.8 Å². The molecule has 1 N–H and O–H groups in total. The Hall–Kier alpha value is -2.84. The quantitative estimate of drug-likeness (QED) is 0.714. The van der Waals surface area contributed by atoms with Gasteiger partial charge in [0, 0.05) is 62.6 Å². The van der Waals surface area contributed by atoms with Crippen molar-refractivity contribution in [1.82, 2.24) is 29.5 Å². The van der Waals surface area contributed by atoms with E-state index < -0.39 is 0 Å². The molecule has 0 radical (unpaired) electrons. The lowest BCUT2D eigenvalue weighted by molar-refractivity contribution is -0.117. The van der Waals surface area contributed by atoms with Crippen LogP contribution in [-0.2, 0) is 11.8 Å². The van der Waals surface area contributed by atoms with Gasteiger partial charge in [0.1, 0.15) is 0 Å². The molecule has 1 aliphatic heterocycles. The summed E-state index contributed by atoms with van der Waals surface area (Å²) in [6.07, 6.45) is 8.21. The number of carbonyl (C=O) groups excluding carboxylic acids is 1. The Morgan fingerprint density at radius 2 is 1.97 bits per heavy atom. The molecule has 2 fully saturated rings. The van der Waals surface area contributed by atoms with Gasteiger partial charge >= 0.3 is 0 Å². The van der Waals surface area contributed by atoms with Crippen molar-refractivity contribution in [2.24, 2.45) is 7.05 Å². The Morgan fingerprint density at radius 3 is 2.69 bits per heavy atom. The average molecular weight is 391 g/mol. The highest BCUT2D eigenvalue weighted by Gasteiger charge is 2.31. The van der Waals surface area contributed by atoms with E-state index in [1.807, 2.05) is 37.6 Å². The second-order valence-electron chi connectivity index (χ2n) is 7.96. The minimum absolute atomic E-state index is 0.0624. The molecular formula is C21H25N7O. The van der Waals surface area contributed by atoms with Crippen molar-refractivity contribution >= 4 is 22.8 Å². The third-order valence-electron chi connectivity index (χ3n) is 5.71. The number of piperazine rings is 1. The number of rotatable bonds is 5. The summed E-state index contributed by atoms with van der Waals surface area (Å²) in [4.78, 5) is 26.1. The Morgan fingerprint density at radius 1 is 1.14 bits per heavy atom. The van der Waals surface area contributed by atoms with Gasteiger partial charge in [0.15, 0.2) is 0 Å². The zero-order valence-electron chi connectivity index (χ0n) is 16.6. The molecule has 1 aliphatic carbocycles. The molecule has 8 heteroatoms. The zero-order valence-corrected chi connectivity index (χ0v) is 16.6. The van der Waals surface area contributed by atoms with Crippen LogP contribution in [0, 0.1) is 0 Å². The van der Waals surface area contributed by atoms with E-state index >= 15 is 0 Å². The number of fused-ring (bicyclic) bond motifs is 1. The first-order valence-electron chi connectivity index (χ1n) is 10.2. The maximum absolute atomic E-state index is 12.5. The van der Waals surface area contributed by atoms with E-state index in [1.165, 1.54) is 12.8 Å².